The van der Waals surface area contributed by atoms with Crippen molar-refractivity contribution in [3.63, 3.8) is 0 Å². The van der Waals surface area contributed by atoms with Crippen LogP contribution < -0.4 is 5.32 Å². The molecule has 1 heterocycles. The summed E-state index contributed by atoms with van der Waals surface area (Å²) in [4.78, 5) is 5.53. The molecular formula is C14H18N2OS. The zero-order valence-electron chi connectivity index (χ0n) is 10.8. The number of hydrogen-bond donors (Lipinski definition) is 1. The highest BCUT2D eigenvalue weighted by atomic mass is 32.2. The minimum atomic E-state index is 0.691. The smallest absolute Gasteiger partial charge is 0.208 e. The molecule has 1 N–H and O–H groups in total. The third-order valence-electron chi connectivity index (χ3n) is 2.63. The Morgan fingerprint density at radius 1 is 1.28 bits per heavy atom. The lowest BCUT2D eigenvalue weighted by molar-refractivity contribution is 0.478. The number of rotatable bonds is 6. The van der Waals surface area contributed by atoms with Crippen LogP contribution in [0.15, 0.2) is 39.8 Å². The number of aromatic nitrogens is 1. The monoisotopic (exact) mass is 262 g/mol. The fourth-order valence-electron chi connectivity index (χ4n) is 1.65. The third-order valence-corrected chi connectivity index (χ3v) is 3.37. The van der Waals surface area contributed by atoms with E-state index in [1.807, 2.05) is 0 Å². The summed E-state index contributed by atoms with van der Waals surface area (Å²) in [7, 11) is 0. The first-order valence-electron chi connectivity index (χ1n) is 6.13. The lowest BCUT2D eigenvalue weighted by Crippen LogP contribution is -2.13. The van der Waals surface area contributed by atoms with E-state index in [0.717, 1.165) is 30.2 Å². The van der Waals surface area contributed by atoms with Gasteiger partial charge in [0.1, 0.15) is 0 Å². The normalized spacial score (nSPS) is 10.8. The van der Waals surface area contributed by atoms with Gasteiger partial charge in [-0.25, -0.2) is 4.98 Å². The van der Waals surface area contributed by atoms with Crippen LogP contribution in [0.2, 0.25) is 0 Å². The second-order valence-electron chi connectivity index (χ2n) is 4.02. The van der Waals surface area contributed by atoms with Crippen molar-refractivity contribution in [1.82, 2.24) is 10.3 Å². The molecule has 0 radical (unpaired) electrons. The quantitative estimate of drug-likeness (QED) is 0.638. The van der Waals surface area contributed by atoms with Crippen molar-refractivity contribution in [2.24, 2.45) is 0 Å². The SMILES string of the molecule is CCCNCc1ncc(-c2ccc(SC)cc2)o1. The van der Waals surface area contributed by atoms with E-state index in [2.05, 4.69) is 47.7 Å². The van der Waals surface area contributed by atoms with Crippen LogP contribution in [0.1, 0.15) is 19.2 Å². The third kappa shape index (κ3) is 3.37. The van der Waals surface area contributed by atoms with Gasteiger partial charge in [0.15, 0.2) is 5.76 Å². The molecule has 4 heteroatoms. The van der Waals surface area contributed by atoms with E-state index in [4.69, 9.17) is 4.42 Å². The van der Waals surface area contributed by atoms with Gasteiger partial charge in [-0.15, -0.1) is 11.8 Å². The van der Waals surface area contributed by atoms with Crippen LogP contribution in [0.25, 0.3) is 11.3 Å². The van der Waals surface area contributed by atoms with Gasteiger partial charge in [0.25, 0.3) is 0 Å². The number of oxazole rings is 1. The largest absolute Gasteiger partial charge is 0.439 e. The predicted octanol–water partition coefficient (Wildman–Crippen LogP) is 3.56. The van der Waals surface area contributed by atoms with Gasteiger partial charge in [-0.3, -0.25) is 0 Å². The molecule has 0 bridgehead atoms. The molecule has 0 amide bonds. The van der Waals surface area contributed by atoms with Crippen LogP contribution >= 0.6 is 11.8 Å². The molecule has 0 fully saturated rings. The highest BCUT2D eigenvalue weighted by Gasteiger charge is 2.05. The first-order chi connectivity index (χ1) is 8.83. The molecule has 0 unspecified atom stereocenters. The van der Waals surface area contributed by atoms with Gasteiger partial charge in [-0.05, 0) is 31.4 Å². The lowest BCUT2D eigenvalue weighted by Gasteiger charge is -1.99. The summed E-state index contributed by atoms with van der Waals surface area (Å²) < 4.78 is 5.71. The molecule has 0 saturated carbocycles. The van der Waals surface area contributed by atoms with Crippen molar-refractivity contribution in [3.05, 3.63) is 36.4 Å². The van der Waals surface area contributed by atoms with Crippen LogP contribution in [-0.4, -0.2) is 17.8 Å². The summed E-state index contributed by atoms with van der Waals surface area (Å²) >= 11 is 1.74. The molecule has 0 aliphatic rings. The summed E-state index contributed by atoms with van der Waals surface area (Å²) in [6, 6.07) is 8.32. The number of hydrogen-bond acceptors (Lipinski definition) is 4. The average Bonchev–Trinajstić information content (AvgIpc) is 2.88. The number of nitrogens with one attached hydrogen (secondary N) is 1. The Labute approximate surface area is 112 Å². The summed E-state index contributed by atoms with van der Waals surface area (Å²) in [6.07, 6.45) is 4.97. The minimum Gasteiger partial charge on any atom is -0.439 e. The molecule has 18 heavy (non-hydrogen) atoms. The van der Waals surface area contributed by atoms with E-state index in [9.17, 15) is 0 Å². The maximum atomic E-state index is 5.71. The standard InChI is InChI=1S/C14H18N2OS/c1-3-8-15-10-14-16-9-13(17-14)11-4-6-12(18-2)7-5-11/h4-7,9,15H,3,8,10H2,1-2H3. The minimum absolute atomic E-state index is 0.691. The Balaban J connectivity index is 2.04. The van der Waals surface area contributed by atoms with Crippen LogP contribution in [0.5, 0.6) is 0 Å². The van der Waals surface area contributed by atoms with Crippen LogP contribution in [0.3, 0.4) is 0 Å². The molecule has 0 spiro atoms. The van der Waals surface area contributed by atoms with Crippen molar-refractivity contribution in [1.29, 1.82) is 0 Å². The first kappa shape index (κ1) is 13.2. The molecule has 0 saturated heterocycles. The molecule has 0 aliphatic heterocycles. The van der Waals surface area contributed by atoms with Crippen molar-refractivity contribution >= 4 is 11.8 Å². The zero-order chi connectivity index (χ0) is 12.8. The summed E-state index contributed by atoms with van der Waals surface area (Å²) in [5, 5.41) is 3.27. The predicted molar refractivity (Wildman–Crippen MR) is 75.7 cm³/mol. The number of nitrogens with zero attached hydrogens (tertiary/aromatic N) is 1. The maximum absolute atomic E-state index is 5.71. The van der Waals surface area contributed by atoms with Crippen molar-refractivity contribution in [3.8, 4) is 11.3 Å². The lowest BCUT2D eigenvalue weighted by atomic mass is 10.2. The van der Waals surface area contributed by atoms with E-state index >= 15 is 0 Å². The van der Waals surface area contributed by atoms with E-state index in [-0.39, 0.29) is 0 Å². The zero-order valence-corrected chi connectivity index (χ0v) is 11.6. The molecule has 2 rings (SSSR count). The summed E-state index contributed by atoms with van der Waals surface area (Å²) in [5.41, 5.74) is 1.07. The van der Waals surface area contributed by atoms with E-state index in [0.29, 0.717) is 6.54 Å². The summed E-state index contributed by atoms with van der Waals surface area (Å²) in [5.74, 6) is 1.57. The van der Waals surface area contributed by atoms with Crippen LogP contribution in [-0.2, 0) is 6.54 Å². The fraction of sp³-hybridized carbons (Fsp3) is 0.357. The Bertz CT molecular complexity index is 479. The number of benzene rings is 1. The Hall–Kier alpha value is -1.26. The van der Waals surface area contributed by atoms with Crippen molar-refractivity contribution < 1.29 is 4.42 Å². The molecule has 1 aromatic heterocycles. The van der Waals surface area contributed by atoms with E-state index in [1.165, 1.54) is 4.90 Å². The van der Waals surface area contributed by atoms with Gasteiger partial charge in [-0.1, -0.05) is 19.1 Å². The van der Waals surface area contributed by atoms with Crippen molar-refractivity contribution in [2.45, 2.75) is 24.8 Å². The highest BCUT2D eigenvalue weighted by Crippen LogP contribution is 2.23. The molecular weight excluding hydrogens is 244 g/mol. The second kappa shape index (κ2) is 6.61. The molecule has 0 atom stereocenters. The first-order valence-corrected chi connectivity index (χ1v) is 7.35. The van der Waals surface area contributed by atoms with E-state index in [1.54, 1.807) is 18.0 Å². The molecule has 2 aromatic rings. The molecule has 0 aliphatic carbocycles. The number of thioether (sulfide) groups is 1. The Morgan fingerprint density at radius 3 is 2.72 bits per heavy atom. The van der Waals surface area contributed by atoms with Crippen molar-refractivity contribution in [2.75, 3.05) is 12.8 Å². The topological polar surface area (TPSA) is 38.1 Å². The van der Waals surface area contributed by atoms with Gasteiger partial charge in [0.2, 0.25) is 5.89 Å². The van der Waals surface area contributed by atoms with E-state index < -0.39 is 0 Å². The fourth-order valence-corrected chi connectivity index (χ4v) is 2.06. The highest BCUT2D eigenvalue weighted by molar-refractivity contribution is 7.98. The van der Waals surface area contributed by atoms with Gasteiger partial charge >= 0.3 is 0 Å². The maximum Gasteiger partial charge on any atom is 0.208 e. The summed E-state index contributed by atoms with van der Waals surface area (Å²) in [6.45, 7) is 3.82. The van der Waals surface area contributed by atoms with Crippen LogP contribution in [0, 0.1) is 0 Å². The van der Waals surface area contributed by atoms with Gasteiger partial charge in [0.05, 0.1) is 12.7 Å². The Kier molecular flexibility index (Phi) is 4.84. The van der Waals surface area contributed by atoms with Crippen LogP contribution in [0.4, 0.5) is 0 Å². The average molecular weight is 262 g/mol. The molecule has 96 valence electrons. The van der Waals surface area contributed by atoms with Gasteiger partial charge in [-0.2, -0.15) is 0 Å². The Morgan fingerprint density at radius 2 is 2.06 bits per heavy atom. The molecule has 3 nitrogen and oxygen atoms in total. The molecule has 1 aromatic carbocycles. The van der Waals surface area contributed by atoms with Gasteiger partial charge < -0.3 is 9.73 Å². The van der Waals surface area contributed by atoms with Gasteiger partial charge in [0, 0.05) is 10.5 Å². The second-order valence-corrected chi connectivity index (χ2v) is 4.90.